The lowest BCUT2D eigenvalue weighted by atomic mass is 10.1. The highest BCUT2D eigenvalue weighted by Crippen LogP contribution is 2.16. The molecular weight excluding hydrogens is 264 g/mol. The van der Waals surface area contributed by atoms with Gasteiger partial charge in [0.05, 0.1) is 6.61 Å². The standard InChI is InChI=1S/C17H20N2O2/c1-13-7-8-15(11-16(13)18)17(21)19(9-10-20)12-14-5-3-2-4-6-14/h2-8,11,20H,9-10,12,18H2,1H3. The van der Waals surface area contributed by atoms with Crippen LogP contribution in [0.3, 0.4) is 0 Å². The molecule has 2 aromatic carbocycles. The molecule has 110 valence electrons. The van der Waals surface area contributed by atoms with Crippen molar-refractivity contribution in [1.82, 2.24) is 4.90 Å². The molecular formula is C17H20N2O2. The number of aryl methyl sites for hydroxylation is 1. The van der Waals surface area contributed by atoms with Crippen LogP contribution in [0, 0.1) is 6.92 Å². The van der Waals surface area contributed by atoms with E-state index in [1.54, 1.807) is 17.0 Å². The van der Waals surface area contributed by atoms with Crippen LogP contribution < -0.4 is 5.73 Å². The van der Waals surface area contributed by atoms with E-state index in [1.165, 1.54) is 0 Å². The van der Waals surface area contributed by atoms with E-state index in [4.69, 9.17) is 5.73 Å². The number of nitrogen functional groups attached to an aromatic ring is 1. The number of carbonyl (C=O) groups excluding carboxylic acids is 1. The van der Waals surface area contributed by atoms with Gasteiger partial charge >= 0.3 is 0 Å². The average molecular weight is 284 g/mol. The molecule has 4 heteroatoms. The van der Waals surface area contributed by atoms with Crippen LogP contribution in [0.1, 0.15) is 21.5 Å². The molecule has 1 amide bonds. The second kappa shape index (κ2) is 6.90. The number of aliphatic hydroxyl groups is 1. The van der Waals surface area contributed by atoms with Crippen LogP contribution >= 0.6 is 0 Å². The predicted octanol–water partition coefficient (Wildman–Crippen LogP) is 2.21. The number of aliphatic hydroxyl groups excluding tert-OH is 1. The number of carbonyl (C=O) groups is 1. The maximum Gasteiger partial charge on any atom is 0.254 e. The van der Waals surface area contributed by atoms with E-state index >= 15 is 0 Å². The fraction of sp³-hybridized carbons (Fsp3) is 0.235. The Bertz CT molecular complexity index is 611. The first kappa shape index (κ1) is 15.1. The van der Waals surface area contributed by atoms with Crippen molar-refractivity contribution in [2.45, 2.75) is 13.5 Å². The van der Waals surface area contributed by atoms with Crippen LogP contribution in [0.25, 0.3) is 0 Å². The highest BCUT2D eigenvalue weighted by molar-refractivity contribution is 5.95. The van der Waals surface area contributed by atoms with E-state index < -0.39 is 0 Å². The van der Waals surface area contributed by atoms with Crippen molar-refractivity contribution in [3.63, 3.8) is 0 Å². The number of benzene rings is 2. The lowest BCUT2D eigenvalue weighted by Gasteiger charge is -2.22. The first-order valence-electron chi connectivity index (χ1n) is 6.92. The Labute approximate surface area is 124 Å². The van der Waals surface area contributed by atoms with Gasteiger partial charge < -0.3 is 15.7 Å². The molecule has 0 saturated carbocycles. The Hall–Kier alpha value is -2.33. The summed E-state index contributed by atoms with van der Waals surface area (Å²) in [6.45, 7) is 2.59. The van der Waals surface area contributed by atoms with Gasteiger partial charge in [-0.25, -0.2) is 0 Å². The molecule has 0 fully saturated rings. The zero-order valence-electron chi connectivity index (χ0n) is 12.1. The van der Waals surface area contributed by atoms with Crippen LogP contribution in [-0.2, 0) is 6.54 Å². The fourth-order valence-corrected chi connectivity index (χ4v) is 2.13. The van der Waals surface area contributed by atoms with E-state index in [0.29, 0.717) is 24.3 Å². The average Bonchev–Trinajstić information content (AvgIpc) is 2.50. The third-order valence-corrected chi connectivity index (χ3v) is 3.40. The SMILES string of the molecule is Cc1ccc(C(=O)N(CCO)Cc2ccccc2)cc1N. The zero-order chi connectivity index (χ0) is 15.2. The van der Waals surface area contributed by atoms with E-state index in [9.17, 15) is 9.90 Å². The number of amides is 1. The van der Waals surface area contributed by atoms with Crippen molar-refractivity contribution in [2.24, 2.45) is 0 Å². The topological polar surface area (TPSA) is 66.6 Å². The first-order valence-corrected chi connectivity index (χ1v) is 6.92. The van der Waals surface area contributed by atoms with Gasteiger partial charge in [0.2, 0.25) is 0 Å². The predicted molar refractivity (Wildman–Crippen MR) is 83.9 cm³/mol. The number of rotatable bonds is 5. The molecule has 21 heavy (non-hydrogen) atoms. The molecule has 0 aromatic heterocycles. The largest absolute Gasteiger partial charge is 0.398 e. The van der Waals surface area contributed by atoms with Gasteiger partial charge in [0, 0.05) is 24.3 Å². The molecule has 2 rings (SSSR count). The van der Waals surface area contributed by atoms with Crippen molar-refractivity contribution in [2.75, 3.05) is 18.9 Å². The number of nitrogens with two attached hydrogens (primary N) is 1. The van der Waals surface area contributed by atoms with Crippen LogP contribution in [0.15, 0.2) is 48.5 Å². The van der Waals surface area contributed by atoms with Gasteiger partial charge in [0.1, 0.15) is 0 Å². The summed E-state index contributed by atoms with van der Waals surface area (Å²) in [4.78, 5) is 14.2. The van der Waals surface area contributed by atoms with Gasteiger partial charge in [-0.05, 0) is 30.2 Å². The quantitative estimate of drug-likeness (QED) is 0.827. The van der Waals surface area contributed by atoms with E-state index in [2.05, 4.69) is 0 Å². The van der Waals surface area contributed by atoms with E-state index in [-0.39, 0.29) is 12.5 Å². The maximum absolute atomic E-state index is 12.6. The molecule has 0 atom stereocenters. The number of hydrogen-bond acceptors (Lipinski definition) is 3. The van der Waals surface area contributed by atoms with Gasteiger partial charge in [0.15, 0.2) is 0 Å². The van der Waals surface area contributed by atoms with Crippen LogP contribution in [0.2, 0.25) is 0 Å². The summed E-state index contributed by atoms with van der Waals surface area (Å²) in [5, 5.41) is 9.19. The summed E-state index contributed by atoms with van der Waals surface area (Å²) >= 11 is 0. The lowest BCUT2D eigenvalue weighted by Crippen LogP contribution is -2.33. The van der Waals surface area contributed by atoms with E-state index in [1.807, 2.05) is 43.3 Å². The molecule has 0 aliphatic heterocycles. The summed E-state index contributed by atoms with van der Waals surface area (Å²) in [6, 6.07) is 15.0. The molecule has 0 unspecified atom stereocenters. The number of nitrogens with zero attached hydrogens (tertiary/aromatic N) is 1. The summed E-state index contributed by atoms with van der Waals surface area (Å²) < 4.78 is 0. The molecule has 0 saturated heterocycles. The maximum atomic E-state index is 12.6. The first-order chi connectivity index (χ1) is 10.1. The molecule has 4 nitrogen and oxygen atoms in total. The second-order valence-corrected chi connectivity index (χ2v) is 5.01. The summed E-state index contributed by atoms with van der Waals surface area (Å²) in [5.41, 5.74) is 8.99. The van der Waals surface area contributed by atoms with Crippen LogP contribution in [0.4, 0.5) is 5.69 Å². The Morgan fingerprint density at radius 2 is 1.90 bits per heavy atom. The van der Waals surface area contributed by atoms with E-state index in [0.717, 1.165) is 11.1 Å². The molecule has 0 spiro atoms. The Balaban J connectivity index is 2.20. The van der Waals surface area contributed by atoms with Crippen molar-refractivity contribution in [1.29, 1.82) is 0 Å². The second-order valence-electron chi connectivity index (χ2n) is 5.01. The highest BCUT2D eigenvalue weighted by Gasteiger charge is 2.16. The highest BCUT2D eigenvalue weighted by atomic mass is 16.3. The van der Waals surface area contributed by atoms with Crippen molar-refractivity contribution < 1.29 is 9.90 Å². The van der Waals surface area contributed by atoms with Crippen molar-refractivity contribution in [3.8, 4) is 0 Å². The molecule has 0 aliphatic rings. The normalized spacial score (nSPS) is 10.4. The van der Waals surface area contributed by atoms with Gasteiger partial charge in [-0.2, -0.15) is 0 Å². The fourth-order valence-electron chi connectivity index (χ4n) is 2.13. The molecule has 3 N–H and O–H groups in total. The molecule has 0 aliphatic carbocycles. The molecule has 2 aromatic rings. The van der Waals surface area contributed by atoms with Crippen molar-refractivity contribution in [3.05, 3.63) is 65.2 Å². The molecule has 0 radical (unpaired) electrons. The number of anilines is 1. The van der Waals surface area contributed by atoms with Gasteiger partial charge in [-0.3, -0.25) is 4.79 Å². The third kappa shape index (κ3) is 3.83. The lowest BCUT2D eigenvalue weighted by molar-refractivity contribution is 0.0708. The van der Waals surface area contributed by atoms with Crippen molar-refractivity contribution >= 4 is 11.6 Å². The zero-order valence-corrected chi connectivity index (χ0v) is 12.1. The van der Waals surface area contributed by atoms with Gasteiger partial charge in [-0.15, -0.1) is 0 Å². The summed E-state index contributed by atoms with van der Waals surface area (Å²) in [6.07, 6.45) is 0. The van der Waals surface area contributed by atoms with Crippen LogP contribution in [-0.4, -0.2) is 29.1 Å². The minimum atomic E-state index is -0.125. The Kier molecular flexibility index (Phi) is 4.95. The molecule has 0 heterocycles. The minimum absolute atomic E-state index is 0.0695. The third-order valence-electron chi connectivity index (χ3n) is 3.40. The monoisotopic (exact) mass is 284 g/mol. The minimum Gasteiger partial charge on any atom is -0.398 e. The Morgan fingerprint density at radius 1 is 1.19 bits per heavy atom. The molecule has 0 bridgehead atoms. The summed E-state index contributed by atoms with van der Waals surface area (Å²) in [7, 11) is 0. The van der Waals surface area contributed by atoms with Gasteiger partial charge in [0.25, 0.3) is 5.91 Å². The van der Waals surface area contributed by atoms with Crippen LogP contribution in [0.5, 0.6) is 0 Å². The number of hydrogen-bond donors (Lipinski definition) is 2. The smallest absolute Gasteiger partial charge is 0.254 e. The summed E-state index contributed by atoms with van der Waals surface area (Å²) in [5.74, 6) is -0.125. The van der Waals surface area contributed by atoms with Gasteiger partial charge in [-0.1, -0.05) is 36.4 Å². The Morgan fingerprint density at radius 3 is 2.52 bits per heavy atom.